The van der Waals surface area contributed by atoms with E-state index in [-0.39, 0.29) is 40.8 Å². The molecule has 1 aromatic carbocycles. The largest absolute Gasteiger partial charge is 0.497 e. The minimum atomic E-state index is -1.71. The van der Waals surface area contributed by atoms with Gasteiger partial charge in [-0.2, -0.15) is 0 Å². The van der Waals surface area contributed by atoms with E-state index in [2.05, 4.69) is 39.8 Å². The van der Waals surface area contributed by atoms with Gasteiger partial charge in [-0.15, -0.1) is 0 Å². The van der Waals surface area contributed by atoms with E-state index in [1.807, 2.05) is 0 Å². The molecule has 0 unspecified atom stereocenters. The number of carbonyl (C=O) groups excluding carboxylic acids is 1. The Morgan fingerprint density at radius 2 is 1.66 bits per heavy atom. The molecule has 4 aliphatic carbocycles. The Bertz CT molecular complexity index is 1820. The maximum Gasteiger partial charge on any atom is 0.338 e. The first kappa shape index (κ1) is 43.8. The number of aliphatic hydroxyl groups excluding tert-OH is 5. The first-order valence-corrected chi connectivity index (χ1v) is 22.6. The molecule has 4 bridgehead atoms. The van der Waals surface area contributed by atoms with Gasteiger partial charge in [0.25, 0.3) is 0 Å². The summed E-state index contributed by atoms with van der Waals surface area (Å²) in [4.78, 5) is 13.0. The molecule has 5 N–H and O–H groups in total. The summed E-state index contributed by atoms with van der Waals surface area (Å²) in [7, 11) is 1.51. The molecule has 21 atom stereocenters. The summed E-state index contributed by atoms with van der Waals surface area (Å²) in [5, 5.41) is 54.8. The Kier molecular flexibility index (Phi) is 12.1. The molecule has 1 aromatic rings. The van der Waals surface area contributed by atoms with Crippen molar-refractivity contribution in [1.29, 1.82) is 0 Å². The standard InChI is InChI=1S/C47H66O14/c1-22(2)17-30-23(3)35-33-19-32-29-12-9-26-18-28(13-15-46(26,5)31(29)14-16-47(32,35)21-55-43(30)58-33)57-45-41(37(50)36(49)34(20-48)59-45)61-44-39(52)38(51)40(24(4)56-44)60-42(53)25-7-10-27(54-6)11-8-25/h7-11,17,23-24,28-41,43-45,48-52H,12-16,18-21H2,1-6H3/t23-,24+,28+,29-,30-,31+,32+,33+,34-,35+,36-,37+,38+,39-,40+,41-,43-,44+,45-,46+,47-/m1/s1. The zero-order valence-electron chi connectivity index (χ0n) is 36.2. The van der Waals surface area contributed by atoms with Crippen LogP contribution in [0.15, 0.2) is 47.6 Å². The van der Waals surface area contributed by atoms with Gasteiger partial charge in [-0.3, -0.25) is 0 Å². The number of hydrogen-bond acceptors (Lipinski definition) is 14. The number of benzene rings is 1. The monoisotopic (exact) mass is 854 g/mol. The molecular weight excluding hydrogens is 789 g/mol. The van der Waals surface area contributed by atoms with Gasteiger partial charge >= 0.3 is 5.97 Å². The second-order valence-corrected chi connectivity index (χ2v) is 19.9. The van der Waals surface area contributed by atoms with Gasteiger partial charge in [-0.1, -0.05) is 37.1 Å². The highest BCUT2D eigenvalue weighted by molar-refractivity contribution is 5.89. The number of ether oxygens (including phenoxy) is 8. The van der Waals surface area contributed by atoms with Crippen LogP contribution < -0.4 is 4.74 Å². The first-order chi connectivity index (χ1) is 29.2. The van der Waals surface area contributed by atoms with Crippen LogP contribution in [-0.2, 0) is 33.2 Å². The number of carbonyl (C=O) groups is 1. The molecule has 61 heavy (non-hydrogen) atoms. The van der Waals surface area contributed by atoms with Crippen molar-refractivity contribution in [3.8, 4) is 5.75 Å². The Morgan fingerprint density at radius 3 is 2.38 bits per heavy atom. The third-order valence-corrected chi connectivity index (χ3v) is 16.5. The van der Waals surface area contributed by atoms with Crippen molar-refractivity contribution in [2.45, 2.75) is 159 Å². The average Bonchev–Trinajstić information content (AvgIpc) is 3.44. The van der Waals surface area contributed by atoms with E-state index in [4.69, 9.17) is 37.9 Å². The highest BCUT2D eigenvalue weighted by Gasteiger charge is 2.68. The third kappa shape index (κ3) is 7.43. The van der Waals surface area contributed by atoms with E-state index in [0.29, 0.717) is 41.8 Å². The zero-order chi connectivity index (χ0) is 43.1. The second-order valence-electron chi connectivity index (χ2n) is 19.9. The molecule has 0 aromatic heterocycles. The number of fused-ring (bicyclic) bond motifs is 6. The number of hydrogen-bond donors (Lipinski definition) is 5. The van der Waals surface area contributed by atoms with Crippen LogP contribution in [0.1, 0.15) is 89.9 Å². The van der Waals surface area contributed by atoms with E-state index < -0.39 is 74.0 Å². The zero-order valence-corrected chi connectivity index (χ0v) is 36.2. The minimum Gasteiger partial charge on any atom is -0.497 e. The summed E-state index contributed by atoms with van der Waals surface area (Å²) in [6.07, 6.45) is -2.65. The summed E-state index contributed by atoms with van der Waals surface area (Å²) < 4.78 is 49.0. The fraction of sp³-hybridized carbons (Fsp3) is 0.766. The lowest BCUT2D eigenvalue weighted by Crippen LogP contribution is -2.64. The van der Waals surface area contributed by atoms with Crippen molar-refractivity contribution < 1.29 is 68.2 Å². The van der Waals surface area contributed by atoms with E-state index in [9.17, 15) is 30.3 Å². The lowest BCUT2D eigenvalue weighted by molar-refractivity contribution is -0.369. The van der Waals surface area contributed by atoms with E-state index >= 15 is 0 Å². The molecule has 5 saturated heterocycles. The van der Waals surface area contributed by atoms with Crippen molar-refractivity contribution in [2.75, 3.05) is 20.3 Å². The normalized spacial score (nSPS) is 48.8. The number of esters is 1. The molecule has 338 valence electrons. The molecule has 10 rings (SSSR count). The smallest absolute Gasteiger partial charge is 0.338 e. The highest BCUT2D eigenvalue weighted by atomic mass is 16.8. The number of allylic oxidation sites excluding steroid dienone is 2. The van der Waals surface area contributed by atoms with Gasteiger partial charge in [-0.25, -0.2) is 4.79 Å². The van der Waals surface area contributed by atoms with Crippen molar-refractivity contribution in [2.24, 2.45) is 46.3 Å². The molecule has 5 heterocycles. The maximum absolute atomic E-state index is 13.0. The van der Waals surface area contributed by atoms with Crippen molar-refractivity contribution in [1.82, 2.24) is 0 Å². The predicted octanol–water partition coefficient (Wildman–Crippen LogP) is 4.04. The number of methoxy groups -OCH3 is 1. The van der Waals surface area contributed by atoms with Gasteiger partial charge in [-0.05, 0) is 125 Å². The van der Waals surface area contributed by atoms with E-state index in [0.717, 1.165) is 45.1 Å². The van der Waals surface area contributed by atoms with Gasteiger partial charge in [0, 0.05) is 11.3 Å². The van der Waals surface area contributed by atoms with E-state index in [1.54, 1.807) is 19.1 Å². The van der Waals surface area contributed by atoms with Gasteiger partial charge in [0.2, 0.25) is 0 Å². The molecular formula is C47H66O14. The van der Waals surface area contributed by atoms with Gasteiger partial charge in [0.1, 0.15) is 42.4 Å². The summed E-state index contributed by atoms with van der Waals surface area (Å²) in [6.45, 7) is 11.0. The summed E-state index contributed by atoms with van der Waals surface area (Å²) in [6, 6.07) is 6.25. The Hall–Kier alpha value is -2.47. The van der Waals surface area contributed by atoms with Crippen LogP contribution in [0.3, 0.4) is 0 Å². The van der Waals surface area contributed by atoms with Crippen LogP contribution in [0.25, 0.3) is 0 Å². The van der Waals surface area contributed by atoms with Crippen LogP contribution in [0.4, 0.5) is 0 Å². The molecule has 0 amide bonds. The number of aliphatic hydroxyl groups is 5. The van der Waals surface area contributed by atoms with E-state index in [1.165, 1.54) is 30.4 Å². The van der Waals surface area contributed by atoms with Crippen LogP contribution >= 0.6 is 0 Å². The SMILES string of the molecule is COc1ccc(C(=O)O[C@@H]2[C@@H](O)[C@@H](O)[C@H](O[C@H]3[C@H](O[C@H]4CC[C@@]5(C)C(=CC[C@H]6[C@@H]7C[C@@H]8O[C@H]9OC[C@@]7(CC[C@@H]65)[C@H]8[C@H](C)[C@H]9C=C(C)C)C4)O[C@H](CO)[C@@H](O)[C@@H]3O)O[C@H]2C)cc1. The van der Waals surface area contributed by atoms with Crippen LogP contribution in [0.2, 0.25) is 0 Å². The molecule has 14 nitrogen and oxygen atoms in total. The molecule has 1 spiro atoms. The minimum absolute atomic E-state index is 0.000360. The molecule has 3 saturated carbocycles. The van der Waals surface area contributed by atoms with Crippen molar-refractivity contribution in [3.05, 3.63) is 53.1 Å². The van der Waals surface area contributed by atoms with Crippen LogP contribution in [-0.4, -0.2) is 132 Å². The fourth-order valence-corrected chi connectivity index (χ4v) is 13.5. The van der Waals surface area contributed by atoms with Gasteiger partial charge in [0.05, 0.1) is 44.2 Å². The van der Waals surface area contributed by atoms with Crippen LogP contribution in [0.5, 0.6) is 5.75 Å². The van der Waals surface area contributed by atoms with Crippen molar-refractivity contribution >= 4 is 5.97 Å². The van der Waals surface area contributed by atoms with Crippen molar-refractivity contribution in [3.63, 3.8) is 0 Å². The molecule has 8 fully saturated rings. The number of rotatable bonds is 9. The summed E-state index contributed by atoms with van der Waals surface area (Å²) in [5.41, 5.74) is 3.04. The quantitative estimate of drug-likeness (QED) is 0.177. The van der Waals surface area contributed by atoms with Gasteiger partial charge in [0.15, 0.2) is 25.0 Å². The Labute approximate surface area is 358 Å². The molecule has 0 radical (unpaired) electrons. The Morgan fingerprint density at radius 1 is 0.902 bits per heavy atom. The lowest BCUT2D eigenvalue weighted by Gasteiger charge is -2.59. The molecule has 9 aliphatic rings. The lowest BCUT2D eigenvalue weighted by atomic mass is 9.46. The molecule has 14 heteroatoms. The average molecular weight is 855 g/mol. The predicted molar refractivity (Wildman–Crippen MR) is 218 cm³/mol. The molecule has 5 aliphatic heterocycles. The van der Waals surface area contributed by atoms with Gasteiger partial charge < -0.3 is 63.4 Å². The maximum atomic E-state index is 13.0. The summed E-state index contributed by atoms with van der Waals surface area (Å²) >= 11 is 0. The second kappa shape index (κ2) is 16.8. The van der Waals surface area contributed by atoms with Crippen LogP contribution in [0, 0.1) is 46.3 Å². The fourth-order valence-electron chi connectivity index (χ4n) is 13.5. The highest BCUT2D eigenvalue weighted by Crippen LogP contribution is 2.70. The third-order valence-electron chi connectivity index (χ3n) is 16.5. The topological polar surface area (TPSA) is 192 Å². The first-order valence-electron chi connectivity index (χ1n) is 22.6. The summed E-state index contributed by atoms with van der Waals surface area (Å²) in [5.74, 6) is 2.74. The Balaban J connectivity index is 0.876.